The SMILES string of the molecule is Cc1cccc(COc2ccc(Nc3ncnc4sc5c(c34)CCc3nn(CCO)cc3-5)cc2Cl)n1. The van der Waals surface area contributed by atoms with Crippen molar-refractivity contribution < 1.29 is 9.84 Å². The van der Waals surface area contributed by atoms with Gasteiger partial charge in [0.2, 0.25) is 0 Å². The van der Waals surface area contributed by atoms with Crippen LogP contribution in [0.25, 0.3) is 20.7 Å². The Hall–Kier alpha value is -3.53. The molecule has 36 heavy (non-hydrogen) atoms. The molecule has 5 aromatic rings. The van der Waals surface area contributed by atoms with Gasteiger partial charge in [0.05, 0.1) is 34.9 Å². The van der Waals surface area contributed by atoms with E-state index in [1.165, 1.54) is 10.4 Å². The first-order chi connectivity index (χ1) is 17.6. The van der Waals surface area contributed by atoms with Crippen LogP contribution in [0.1, 0.15) is 22.6 Å². The van der Waals surface area contributed by atoms with Crippen molar-refractivity contribution in [1.82, 2.24) is 24.7 Å². The highest BCUT2D eigenvalue weighted by atomic mass is 35.5. The van der Waals surface area contributed by atoms with E-state index in [4.69, 9.17) is 16.3 Å². The van der Waals surface area contributed by atoms with Gasteiger partial charge in [0.25, 0.3) is 0 Å². The lowest BCUT2D eigenvalue weighted by Gasteiger charge is -2.13. The van der Waals surface area contributed by atoms with E-state index in [2.05, 4.69) is 25.4 Å². The van der Waals surface area contributed by atoms with Gasteiger partial charge in [-0.3, -0.25) is 9.67 Å². The summed E-state index contributed by atoms with van der Waals surface area (Å²) in [4.78, 5) is 15.7. The van der Waals surface area contributed by atoms with Crippen LogP contribution in [-0.4, -0.2) is 36.4 Å². The average molecular weight is 519 g/mol. The number of anilines is 2. The van der Waals surface area contributed by atoms with Crippen LogP contribution in [-0.2, 0) is 26.0 Å². The standard InChI is InChI=1S/C26H23ClN6O2S/c1-15-3-2-4-17(30-15)13-35-22-8-5-16(11-20(22)27)31-25-23-18-6-7-21-19(12-33(32-21)9-10-34)24(18)36-26(23)29-14-28-25/h2-5,8,11-12,14,34H,6-7,9-10,13H2,1H3,(H,28,29,31). The van der Waals surface area contributed by atoms with Crippen molar-refractivity contribution in [3.8, 4) is 16.2 Å². The minimum Gasteiger partial charge on any atom is -0.486 e. The summed E-state index contributed by atoms with van der Waals surface area (Å²) in [5.41, 5.74) is 6.02. The second-order valence-corrected chi connectivity index (χ2v) is 10.0. The number of aliphatic hydroxyl groups is 1. The van der Waals surface area contributed by atoms with Crippen molar-refractivity contribution in [1.29, 1.82) is 0 Å². The molecule has 0 unspecified atom stereocenters. The van der Waals surface area contributed by atoms with Crippen molar-refractivity contribution in [2.24, 2.45) is 0 Å². The molecule has 0 fully saturated rings. The first-order valence-corrected chi connectivity index (χ1v) is 12.8. The molecule has 2 N–H and O–H groups in total. The number of hydrogen-bond acceptors (Lipinski definition) is 8. The van der Waals surface area contributed by atoms with Crippen LogP contribution in [0.15, 0.2) is 48.9 Å². The quantitative estimate of drug-likeness (QED) is 0.300. The molecule has 182 valence electrons. The summed E-state index contributed by atoms with van der Waals surface area (Å²) in [7, 11) is 0. The zero-order valence-electron chi connectivity index (χ0n) is 19.5. The molecule has 6 rings (SSSR count). The van der Waals surface area contributed by atoms with Gasteiger partial charge >= 0.3 is 0 Å². The van der Waals surface area contributed by atoms with Gasteiger partial charge in [-0.2, -0.15) is 5.10 Å². The number of aryl methyl sites for hydroxylation is 3. The number of thiophene rings is 1. The van der Waals surface area contributed by atoms with Gasteiger partial charge in [0.1, 0.15) is 29.3 Å². The summed E-state index contributed by atoms with van der Waals surface area (Å²) in [6.45, 7) is 2.85. The monoisotopic (exact) mass is 518 g/mol. The molecule has 4 heterocycles. The maximum Gasteiger partial charge on any atom is 0.142 e. The van der Waals surface area contributed by atoms with E-state index < -0.39 is 0 Å². The number of pyridine rings is 1. The summed E-state index contributed by atoms with van der Waals surface area (Å²) < 4.78 is 7.71. The second kappa shape index (κ2) is 9.50. The molecule has 0 radical (unpaired) electrons. The molecule has 0 spiro atoms. The van der Waals surface area contributed by atoms with Gasteiger partial charge in [-0.15, -0.1) is 11.3 Å². The Morgan fingerprint density at radius 1 is 1.19 bits per heavy atom. The summed E-state index contributed by atoms with van der Waals surface area (Å²) in [5.74, 6) is 1.34. The zero-order valence-corrected chi connectivity index (χ0v) is 21.1. The van der Waals surface area contributed by atoms with Gasteiger partial charge in [-0.25, -0.2) is 9.97 Å². The smallest absolute Gasteiger partial charge is 0.142 e. The first kappa shape index (κ1) is 22.9. The van der Waals surface area contributed by atoms with E-state index in [9.17, 15) is 5.11 Å². The Bertz CT molecular complexity index is 1580. The summed E-state index contributed by atoms with van der Waals surface area (Å²) >= 11 is 8.20. The van der Waals surface area contributed by atoms with Gasteiger partial charge in [-0.05, 0) is 55.7 Å². The fourth-order valence-electron chi connectivity index (χ4n) is 4.50. The van der Waals surface area contributed by atoms with Crippen LogP contribution < -0.4 is 10.1 Å². The van der Waals surface area contributed by atoms with E-state index in [1.807, 2.05) is 54.2 Å². The van der Waals surface area contributed by atoms with Crippen LogP contribution in [0.3, 0.4) is 0 Å². The molecule has 0 amide bonds. The van der Waals surface area contributed by atoms with Crippen molar-refractivity contribution in [2.45, 2.75) is 32.9 Å². The van der Waals surface area contributed by atoms with Gasteiger partial charge in [0, 0.05) is 28.0 Å². The molecule has 0 saturated carbocycles. The average Bonchev–Trinajstić information content (AvgIpc) is 3.45. The number of benzene rings is 1. The highest BCUT2D eigenvalue weighted by Gasteiger charge is 2.26. The van der Waals surface area contributed by atoms with E-state index in [0.29, 0.717) is 23.9 Å². The van der Waals surface area contributed by atoms with E-state index in [0.717, 1.165) is 57.2 Å². The maximum absolute atomic E-state index is 9.29. The Morgan fingerprint density at radius 2 is 2.11 bits per heavy atom. The van der Waals surface area contributed by atoms with Crippen molar-refractivity contribution >= 4 is 44.7 Å². The third-order valence-corrected chi connectivity index (χ3v) is 7.60. The van der Waals surface area contributed by atoms with Crippen molar-refractivity contribution in [2.75, 3.05) is 11.9 Å². The van der Waals surface area contributed by atoms with Crippen LogP contribution in [0, 0.1) is 6.92 Å². The lowest BCUT2D eigenvalue weighted by atomic mass is 9.95. The fraction of sp³-hybridized carbons (Fsp3) is 0.231. The molecule has 1 aromatic carbocycles. The Balaban J connectivity index is 1.27. The predicted octanol–water partition coefficient (Wildman–Crippen LogP) is 5.33. The number of nitrogens with zero attached hydrogens (tertiary/aromatic N) is 5. The van der Waals surface area contributed by atoms with E-state index in [-0.39, 0.29) is 6.61 Å². The molecule has 0 saturated heterocycles. The molecule has 0 atom stereocenters. The maximum atomic E-state index is 9.29. The topological polar surface area (TPSA) is 98.0 Å². The minimum absolute atomic E-state index is 0.0641. The lowest BCUT2D eigenvalue weighted by Crippen LogP contribution is -2.04. The molecular formula is C26H23ClN6O2S. The van der Waals surface area contributed by atoms with Crippen LogP contribution in [0.4, 0.5) is 11.5 Å². The number of aromatic nitrogens is 5. The summed E-state index contributed by atoms with van der Waals surface area (Å²) in [6, 6.07) is 11.5. The number of rotatable bonds is 7. The molecule has 1 aliphatic rings. The van der Waals surface area contributed by atoms with Gasteiger partial charge in [0.15, 0.2) is 0 Å². The van der Waals surface area contributed by atoms with E-state index in [1.54, 1.807) is 17.7 Å². The second-order valence-electron chi connectivity index (χ2n) is 8.62. The normalized spacial score (nSPS) is 12.4. The van der Waals surface area contributed by atoms with Crippen LogP contribution in [0.2, 0.25) is 5.02 Å². The highest BCUT2D eigenvalue weighted by Crippen LogP contribution is 2.45. The molecule has 8 nitrogen and oxygen atoms in total. The molecule has 4 aromatic heterocycles. The Kier molecular flexibility index (Phi) is 6.04. The third kappa shape index (κ3) is 4.30. The van der Waals surface area contributed by atoms with Crippen LogP contribution >= 0.6 is 22.9 Å². The summed E-state index contributed by atoms with van der Waals surface area (Å²) in [5, 5.41) is 18.9. The number of aliphatic hydroxyl groups excluding tert-OH is 1. The minimum atomic E-state index is 0.0641. The molecule has 0 bridgehead atoms. The molecule has 0 aliphatic heterocycles. The number of nitrogens with one attached hydrogen (secondary N) is 1. The third-order valence-electron chi connectivity index (χ3n) is 6.13. The first-order valence-electron chi connectivity index (χ1n) is 11.6. The number of ether oxygens (including phenoxy) is 1. The number of fused-ring (bicyclic) bond motifs is 5. The molecule has 10 heteroatoms. The molecular weight excluding hydrogens is 496 g/mol. The fourth-order valence-corrected chi connectivity index (χ4v) is 5.96. The lowest BCUT2D eigenvalue weighted by molar-refractivity contribution is 0.269. The van der Waals surface area contributed by atoms with Gasteiger partial charge in [-0.1, -0.05) is 17.7 Å². The number of halogens is 1. The molecule has 1 aliphatic carbocycles. The van der Waals surface area contributed by atoms with Crippen molar-refractivity contribution in [3.63, 3.8) is 0 Å². The summed E-state index contributed by atoms with van der Waals surface area (Å²) in [6.07, 6.45) is 5.30. The largest absolute Gasteiger partial charge is 0.486 e. The number of hydrogen-bond donors (Lipinski definition) is 2. The van der Waals surface area contributed by atoms with Crippen LogP contribution in [0.5, 0.6) is 5.75 Å². The van der Waals surface area contributed by atoms with Crippen molar-refractivity contribution in [3.05, 3.63) is 76.6 Å². The van der Waals surface area contributed by atoms with E-state index >= 15 is 0 Å². The Morgan fingerprint density at radius 3 is 2.94 bits per heavy atom. The van der Waals surface area contributed by atoms with Gasteiger partial charge < -0.3 is 15.2 Å². The Labute approximate surface area is 216 Å². The zero-order chi connectivity index (χ0) is 24.6. The predicted molar refractivity (Wildman–Crippen MR) is 141 cm³/mol. The highest BCUT2D eigenvalue weighted by molar-refractivity contribution is 7.22.